The van der Waals surface area contributed by atoms with Gasteiger partial charge in [0.25, 0.3) is 0 Å². The highest BCUT2D eigenvalue weighted by atomic mass is 32.2. The van der Waals surface area contributed by atoms with Gasteiger partial charge in [0.15, 0.2) is 0 Å². The van der Waals surface area contributed by atoms with Gasteiger partial charge >= 0.3 is 6.03 Å². The van der Waals surface area contributed by atoms with Gasteiger partial charge in [-0.3, -0.25) is 4.72 Å². The van der Waals surface area contributed by atoms with E-state index in [9.17, 15) is 4.79 Å². The van der Waals surface area contributed by atoms with E-state index in [-0.39, 0.29) is 0 Å². The van der Waals surface area contributed by atoms with Crippen LogP contribution in [0.2, 0.25) is 0 Å². The Bertz CT molecular complexity index is 114. The molecule has 0 aliphatic heterocycles. The first kappa shape index (κ1) is 6.74. The van der Waals surface area contributed by atoms with Gasteiger partial charge in [-0.25, -0.2) is 4.79 Å². The Morgan fingerprint density at radius 3 is 2.89 bits per heavy atom. The lowest BCUT2D eigenvalue weighted by molar-refractivity contribution is 0.254. The van der Waals surface area contributed by atoms with Crippen molar-refractivity contribution in [2.24, 2.45) is 11.7 Å². The maximum absolute atomic E-state index is 10.1. The molecule has 0 spiro atoms. The van der Waals surface area contributed by atoms with Crippen LogP contribution in [0.1, 0.15) is 12.8 Å². The number of carbonyl (C=O) groups is 1. The van der Waals surface area contributed by atoms with E-state index < -0.39 is 6.03 Å². The van der Waals surface area contributed by atoms with Crippen molar-refractivity contribution < 1.29 is 4.79 Å². The van der Waals surface area contributed by atoms with E-state index in [2.05, 4.69) is 4.72 Å². The number of hydrogen-bond donors (Lipinski definition) is 2. The summed E-state index contributed by atoms with van der Waals surface area (Å²) < 4.78 is 2.47. The molecule has 1 rings (SSSR count). The Hall–Kier alpha value is -0.380. The molecule has 1 fully saturated rings. The van der Waals surface area contributed by atoms with E-state index in [0.717, 1.165) is 11.7 Å². The lowest BCUT2D eigenvalue weighted by Gasteiger charge is -1.96. The van der Waals surface area contributed by atoms with E-state index in [4.69, 9.17) is 5.73 Å². The molecule has 9 heavy (non-hydrogen) atoms. The van der Waals surface area contributed by atoms with Gasteiger partial charge in [0.2, 0.25) is 0 Å². The van der Waals surface area contributed by atoms with E-state index in [0.29, 0.717) is 0 Å². The zero-order chi connectivity index (χ0) is 6.69. The van der Waals surface area contributed by atoms with Crippen LogP contribution in [0.25, 0.3) is 0 Å². The Morgan fingerprint density at radius 1 is 1.78 bits per heavy atom. The lowest BCUT2D eigenvalue weighted by atomic mass is 10.5. The van der Waals surface area contributed by atoms with Crippen LogP contribution in [-0.2, 0) is 0 Å². The highest BCUT2D eigenvalue weighted by Gasteiger charge is 2.20. The zero-order valence-corrected chi connectivity index (χ0v) is 5.91. The van der Waals surface area contributed by atoms with Crippen molar-refractivity contribution in [3.8, 4) is 0 Å². The van der Waals surface area contributed by atoms with E-state index in [1.165, 1.54) is 24.8 Å². The van der Waals surface area contributed by atoms with Crippen LogP contribution in [0.4, 0.5) is 4.79 Å². The predicted molar refractivity (Wildman–Crippen MR) is 37.9 cm³/mol. The Morgan fingerprint density at radius 2 is 2.44 bits per heavy atom. The molecule has 2 amide bonds. The summed E-state index contributed by atoms with van der Waals surface area (Å²) in [6.07, 6.45) is 2.63. The monoisotopic (exact) mass is 146 g/mol. The van der Waals surface area contributed by atoms with Crippen LogP contribution < -0.4 is 10.5 Å². The molecule has 0 bridgehead atoms. The smallest absolute Gasteiger partial charge is 0.322 e. The summed E-state index contributed by atoms with van der Waals surface area (Å²) in [6.45, 7) is 0. The highest BCUT2D eigenvalue weighted by molar-refractivity contribution is 7.97. The van der Waals surface area contributed by atoms with E-state index in [1.807, 2.05) is 0 Å². The van der Waals surface area contributed by atoms with E-state index in [1.54, 1.807) is 0 Å². The standard InChI is InChI=1S/C5H10N2OS/c6-5(8)7-9-3-4-1-2-4/h4H,1-3H2,(H3,6,7,8). The van der Waals surface area contributed by atoms with Crippen molar-refractivity contribution in [2.75, 3.05) is 5.75 Å². The maximum atomic E-state index is 10.1. The number of urea groups is 1. The third kappa shape index (κ3) is 3.24. The number of amides is 2. The predicted octanol–water partition coefficient (Wildman–Crippen LogP) is 0.713. The second-order valence-corrected chi connectivity index (χ2v) is 3.05. The van der Waals surface area contributed by atoms with Gasteiger partial charge in [-0.05, 0) is 30.7 Å². The summed E-state index contributed by atoms with van der Waals surface area (Å²) in [4.78, 5) is 10.1. The number of nitrogens with two attached hydrogens (primary N) is 1. The minimum Gasteiger partial charge on any atom is -0.351 e. The molecule has 0 atom stereocenters. The van der Waals surface area contributed by atoms with Crippen molar-refractivity contribution >= 4 is 18.0 Å². The second kappa shape index (κ2) is 2.96. The molecular formula is C5H10N2OS. The Kier molecular flexibility index (Phi) is 2.22. The molecule has 0 aromatic carbocycles. The van der Waals surface area contributed by atoms with Crippen LogP contribution in [0, 0.1) is 5.92 Å². The second-order valence-electron chi connectivity index (χ2n) is 2.22. The average Bonchev–Trinajstić information content (AvgIpc) is 2.48. The molecule has 4 heteroatoms. The number of hydrogen-bond acceptors (Lipinski definition) is 2. The summed E-state index contributed by atoms with van der Waals surface area (Å²) in [5.74, 6) is 1.85. The summed E-state index contributed by atoms with van der Waals surface area (Å²) in [7, 11) is 0. The summed E-state index contributed by atoms with van der Waals surface area (Å²) >= 11 is 1.41. The van der Waals surface area contributed by atoms with Gasteiger partial charge in [0.05, 0.1) is 0 Å². The third-order valence-electron chi connectivity index (χ3n) is 1.19. The van der Waals surface area contributed by atoms with Crippen molar-refractivity contribution in [1.29, 1.82) is 0 Å². The summed E-state index contributed by atoms with van der Waals surface area (Å²) in [6, 6.07) is -0.444. The lowest BCUT2D eigenvalue weighted by Crippen LogP contribution is -2.23. The Balaban J connectivity index is 1.86. The molecular weight excluding hydrogens is 136 g/mol. The topological polar surface area (TPSA) is 55.1 Å². The number of primary amides is 1. The SMILES string of the molecule is NC(=O)NSCC1CC1. The van der Waals surface area contributed by atoms with Crippen molar-refractivity contribution in [1.82, 2.24) is 4.72 Å². The van der Waals surface area contributed by atoms with Gasteiger partial charge in [0, 0.05) is 5.75 Å². The van der Waals surface area contributed by atoms with Crippen LogP contribution in [0.3, 0.4) is 0 Å². The van der Waals surface area contributed by atoms with Crippen LogP contribution in [-0.4, -0.2) is 11.8 Å². The van der Waals surface area contributed by atoms with Gasteiger partial charge in [-0.2, -0.15) is 0 Å². The van der Waals surface area contributed by atoms with E-state index >= 15 is 0 Å². The third-order valence-corrected chi connectivity index (χ3v) is 2.17. The normalized spacial score (nSPS) is 17.3. The highest BCUT2D eigenvalue weighted by Crippen LogP contribution is 2.31. The van der Waals surface area contributed by atoms with Crippen molar-refractivity contribution in [3.63, 3.8) is 0 Å². The molecule has 0 radical (unpaired) electrons. The minimum absolute atomic E-state index is 0.444. The van der Waals surface area contributed by atoms with Crippen LogP contribution in [0.5, 0.6) is 0 Å². The summed E-state index contributed by atoms with van der Waals surface area (Å²) in [5.41, 5.74) is 4.83. The molecule has 0 heterocycles. The summed E-state index contributed by atoms with van der Waals surface area (Å²) in [5, 5.41) is 0. The van der Waals surface area contributed by atoms with Gasteiger partial charge in [-0.1, -0.05) is 0 Å². The molecule has 0 aromatic rings. The fourth-order valence-corrected chi connectivity index (χ4v) is 1.31. The molecule has 0 aromatic heterocycles. The number of nitrogens with one attached hydrogen (secondary N) is 1. The van der Waals surface area contributed by atoms with Gasteiger partial charge in [0.1, 0.15) is 0 Å². The maximum Gasteiger partial charge on any atom is 0.322 e. The molecule has 1 aliphatic carbocycles. The van der Waals surface area contributed by atoms with Crippen LogP contribution >= 0.6 is 11.9 Å². The first-order valence-electron chi connectivity index (χ1n) is 2.96. The molecule has 0 unspecified atom stereocenters. The van der Waals surface area contributed by atoms with Crippen molar-refractivity contribution in [2.45, 2.75) is 12.8 Å². The molecule has 3 N–H and O–H groups in total. The fraction of sp³-hybridized carbons (Fsp3) is 0.800. The average molecular weight is 146 g/mol. The molecule has 0 saturated heterocycles. The fourth-order valence-electron chi connectivity index (χ4n) is 0.515. The van der Waals surface area contributed by atoms with Crippen LogP contribution in [0.15, 0.2) is 0 Å². The number of rotatable bonds is 3. The van der Waals surface area contributed by atoms with Gasteiger partial charge in [-0.15, -0.1) is 0 Å². The van der Waals surface area contributed by atoms with Gasteiger partial charge < -0.3 is 5.73 Å². The first-order valence-corrected chi connectivity index (χ1v) is 3.95. The first-order chi connectivity index (χ1) is 4.29. The Labute approximate surface area is 58.5 Å². The van der Waals surface area contributed by atoms with Crippen molar-refractivity contribution in [3.05, 3.63) is 0 Å². The molecule has 1 aliphatic rings. The zero-order valence-electron chi connectivity index (χ0n) is 5.09. The molecule has 1 saturated carbocycles. The minimum atomic E-state index is -0.444. The molecule has 52 valence electrons. The largest absolute Gasteiger partial charge is 0.351 e. The number of carbonyl (C=O) groups excluding carboxylic acids is 1. The molecule has 3 nitrogen and oxygen atoms in total. The quantitative estimate of drug-likeness (QED) is 0.576.